The maximum Gasteiger partial charge on any atom is 0.317 e. The zero-order valence-electron chi connectivity index (χ0n) is 40.1. The summed E-state index contributed by atoms with van der Waals surface area (Å²) in [6.07, 6.45) is 7.77. The molecule has 1 spiro atoms. The van der Waals surface area contributed by atoms with Crippen molar-refractivity contribution >= 4 is 35.3 Å². The van der Waals surface area contributed by atoms with E-state index in [0.717, 1.165) is 129 Å². The van der Waals surface area contributed by atoms with E-state index in [0.29, 0.717) is 42.7 Å². The number of hydrogen-bond donors (Lipinski definition) is 2. The molecule has 0 saturated carbocycles. The van der Waals surface area contributed by atoms with Gasteiger partial charge in [0.15, 0.2) is 0 Å². The molecule has 9 rings (SSSR count). The van der Waals surface area contributed by atoms with Crippen LogP contribution in [0.25, 0.3) is 11.1 Å². The van der Waals surface area contributed by atoms with Gasteiger partial charge in [0.2, 0.25) is 11.8 Å². The second kappa shape index (κ2) is 19.7. The van der Waals surface area contributed by atoms with Gasteiger partial charge < -0.3 is 43.7 Å². The number of anilines is 1. The number of carbonyl (C=O) groups is 5. The highest BCUT2D eigenvalue weighted by atomic mass is 16.5. The molecule has 6 amide bonds. The monoisotopic (exact) mass is 935 g/mol. The minimum atomic E-state index is -0.971. The van der Waals surface area contributed by atoms with E-state index >= 15 is 0 Å². The predicted octanol–water partition coefficient (Wildman–Crippen LogP) is 2.83. The van der Waals surface area contributed by atoms with Gasteiger partial charge in [-0.3, -0.25) is 39.1 Å². The average molecular weight is 936 g/mol. The topological polar surface area (TPSA) is 179 Å². The third kappa shape index (κ3) is 9.47. The number of ether oxygens (including phenoxy) is 3. The maximum absolute atomic E-state index is 13.5. The van der Waals surface area contributed by atoms with Gasteiger partial charge in [0.1, 0.15) is 17.5 Å². The number of nitrogens with one attached hydrogen (secondary N) is 2. The van der Waals surface area contributed by atoms with Gasteiger partial charge in [-0.1, -0.05) is 0 Å². The van der Waals surface area contributed by atoms with Gasteiger partial charge in [-0.15, -0.1) is 0 Å². The van der Waals surface area contributed by atoms with Crippen molar-refractivity contribution in [1.82, 2.24) is 39.7 Å². The highest BCUT2D eigenvalue weighted by molar-refractivity contribution is 6.23. The first-order valence-corrected chi connectivity index (χ1v) is 24.1. The number of likely N-dealkylation sites (tertiary alicyclic amines) is 1. The molecule has 18 heteroatoms. The molecule has 0 bridgehead atoms. The van der Waals surface area contributed by atoms with E-state index in [9.17, 15) is 28.8 Å². The fourth-order valence-corrected chi connectivity index (χ4v) is 11.1. The van der Waals surface area contributed by atoms with Crippen LogP contribution in [-0.4, -0.2) is 170 Å². The Hall–Kier alpha value is -5.82. The Morgan fingerprint density at radius 1 is 0.838 bits per heavy atom. The lowest BCUT2D eigenvalue weighted by molar-refractivity contribution is -0.222. The Labute approximate surface area is 397 Å². The van der Waals surface area contributed by atoms with Crippen LogP contribution in [0, 0.1) is 0 Å². The number of carbonyl (C=O) groups excluding carboxylic acids is 5. The molecule has 4 fully saturated rings. The van der Waals surface area contributed by atoms with Crippen molar-refractivity contribution in [1.29, 1.82) is 0 Å². The van der Waals surface area contributed by atoms with Crippen molar-refractivity contribution in [2.45, 2.75) is 82.2 Å². The summed E-state index contributed by atoms with van der Waals surface area (Å²) < 4.78 is 19.7. The van der Waals surface area contributed by atoms with Gasteiger partial charge in [0.25, 0.3) is 17.4 Å². The van der Waals surface area contributed by atoms with Gasteiger partial charge in [-0.25, -0.2) is 4.79 Å². The molecule has 3 aromatic rings. The van der Waals surface area contributed by atoms with E-state index in [4.69, 9.17) is 14.2 Å². The van der Waals surface area contributed by atoms with E-state index in [-0.39, 0.29) is 42.7 Å². The molecular weight excluding hydrogens is 871 g/mol. The first-order valence-electron chi connectivity index (χ1n) is 24.1. The SMILES string of the molecule is COc1cc(-c2cn(C)c(=O)c3c2CCN(C(=O)NCC2CC4(CCN(CCCCN5CCN(c6ccc7c(c6)C(=O)N(C6CCC(=O)NC6=O)C7=O)CC5)CC4)O2)C3)cc(OC)c1CN(C)C. The number of nitrogens with zero attached hydrogens (tertiary/aromatic N) is 7. The van der Waals surface area contributed by atoms with Crippen LogP contribution in [0.4, 0.5) is 10.5 Å². The Balaban J connectivity index is 0.676. The molecular formula is C50H65N9O9. The second-order valence-electron chi connectivity index (χ2n) is 19.6. The molecule has 7 heterocycles. The molecule has 2 atom stereocenters. The van der Waals surface area contributed by atoms with E-state index in [1.807, 2.05) is 38.5 Å². The Kier molecular flexibility index (Phi) is 13.7. The summed E-state index contributed by atoms with van der Waals surface area (Å²) in [7, 11) is 9.05. The summed E-state index contributed by atoms with van der Waals surface area (Å²) in [6, 6.07) is 8.19. The third-order valence-corrected chi connectivity index (χ3v) is 14.9. The number of aromatic nitrogens is 1. The lowest BCUT2D eigenvalue weighted by Crippen LogP contribution is -2.59. The Morgan fingerprint density at radius 3 is 2.15 bits per heavy atom. The lowest BCUT2D eigenvalue weighted by atomic mass is 9.80. The molecule has 6 aliphatic rings. The molecule has 0 aliphatic carbocycles. The molecule has 2 aromatic carbocycles. The third-order valence-electron chi connectivity index (χ3n) is 14.9. The Morgan fingerprint density at radius 2 is 1.50 bits per heavy atom. The van der Waals surface area contributed by atoms with Crippen LogP contribution in [0.1, 0.15) is 82.4 Å². The highest BCUT2D eigenvalue weighted by Crippen LogP contribution is 2.42. The van der Waals surface area contributed by atoms with Crippen LogP contribution in [0.5, 0.6) is 11.5 Å². The molecule has 18 nitrogen and oxygen atoms in total. The number of fused-ring (bicyclic) bond motifs is 2. The van der Waals surface area contributed by atoms with Crippen LogP contribution >= 0.6 is 0 Å². The normalized spacial score (nSPS) is 21.8. The van der Waals surface area contributed by atoms with Crippen LogP contribution in [0.15, 0.2) is 41.3 Å². The summed E-state index contributed by atoms with van der Waals surface area (Å²) in [5, 5.41) is 5.35. The first kappa shape index (κ1) is 47.3. The van der Waals surface area contributed by atoms with E-state index in [1.165, 1.54) is 0 Å². The summed E-state index contributed by atoms with van der Waals surface area (Å²) in [6.45, 7) is 9.35. The number of imide groups is 2. The number of benzene rings is 2. The summed E-state index contributed by atoms with van der Waals surface area (Å²) >= 11 is 0. The maximum atomic E-state index is 13.5. The minimum absolute atomic E-state index is 0.0207. The van der Waals surface area contributed by atoms with E-state index < -0.39 is 29.7 Å². The zero-order valence-corrected chi connectivity index (χ0v) is 40.1. The van der Waals surface area contributed by atoms with Crippen LogP contribution in [0.3, 0.4) is 0 Å². The summed E-state index contributed by atoms with van der Waals surface area (Å²) in [4.78, 5) is 89.6. The van der Waals surface area contributed by atoms with Crippen LogP contribution in [-0.2, 0) is 40.9 Å². The number of aryl methyl sites for hydroxylation is 1. The number of amides is 6. The fourth-order valence-electron chi connectivity index (χ4n) is 11.1. The Bertz CT molecular complexity index is 2490. The number of unbranched alkanes of at least 4 members (excludes halogenated alkanes) is 1. The number of pyridine rings is 1. The largest absolute Gasteiger partial charge is 0.496 e. The second-order valence-corrected chi connectivity index (χ2v) is 19.6. The first-order chi connectivity index (χ1) is 32.7. The van der Waals surface area contributed by atoms with Gasteiger partial charge in [-0.2, -0.15) is 0 Å². The molecule has 2 N–H and O–H groups in total. The smallest absolute Gasteiger partial charge is 0.317 e. The van der Waals surface area contributed by atoms with Crippen molar-refractivity contribution in [2.75, 3.05) is 98.7 Å². The van der Waals surface area contributed by atoms with Gasteiger partial charge in [0.05, 0.1) is 49.2 Å². The zero-order chi connectivity index (χ0) is 47.9. The van der Waals surface area contributed by atoms with Crippen molar-refractivity contribution in [3.05, 3.63) is 74.7 Å². The van der Waals surface area contributed by atoms with E-state index in [1.54, 1.807) is 42.9 Å². The molecule has 2 unspecified atom stereocenters. The number of piperazine rings is 1. The van der Waals surface area contributed by atoms with Gasteiger partial charge >= 0.3 is 6.03 Å². The molecule has 6 aliphatic heterocycles. The summed E-state index contributed by atoms with van der Waals surface area (Å²) in [5.74, 6) is -0.528. The fraction of sp³-hybridized carbons (Fsp3) is 0.560. The standard InChI is InChI=1S/C50H65N9O9/c1-53(2)29-40-42(66-4)24-32(25-43(40)67-5)38-30-54(3)46(62)39-31-58(17-12-35(38)39)49(65)51-28-34-27-50(68-34)13-18-55(19-14-50)15-6-7-16-56-20-22-57(23-21-56)33-8-9-36-37(26-33)48(64)59(47(36)63)41-10-11-44(60)52-45(41)61/h8-9,24-26,30,34,41H,6-7,10-23,27-29,31H2,1-5H3,(H,51,65)(H,52,60,61). The summed E-state index contributed by atoms with van der Waals surface area (Å²) in [5.41, 5.74) is 5.65. The molecule has 364 valence electrons. The van der Waals surface area contributed by atoms with Gasteiger partial charge in [-0.05, 0) is 107 Å². The number of urea groups is 1. The van der Waals surface area contributed by atoms with Crippen molar-refractivity contribution in [3.8, 4) is 22.6 Å². The predicted molar refractivity (Wildman–Crippen MR) is 254 cm³/mol. The molecule has 0 radical (unpaired) electrons. The highest BCUT2D eigenvalue weighted by Gasteiger charge is 2.48. The number of methoxy groups -OCH3 is 2. The number of piperidine rings is 2. The van der Waals surface area contributed by atoms with Crippen molar-refractivity contribution in [3.63, 3.8) is 0 Å². The molecule has 68 heavy (non-hydrogen) atoms. The minimum Gasteiger partial charge on any atom is -0.496 e. The number of hydrogen-bond acceptors (Lipinski definition) is 13. The van der Waals surface area contributed by atoms with Gasteiger partial charge in [0, 0.05) is 102 Å². The van der Waals surface area contributed by atoms with Crippen LogP contribution in [0.2, 0.25) is 0 Å². The van der Waals surface area contributed by atoms with E-state index in [2.05, 4.69) is 30.2 Å². The quantitative estimate of drug-likeness (QED) is 0.178. The van der Waals surface area contributed by atoms with Crippen molar-refractivity contribution < 1.29 is 38.2 Å². The van der Waals surface area contributed by atoms with Crippen molar-refractivity contribution in [2.24, 2.45) is 7.05 Å². The molecule has 4 saturated heterocycles. The molecule has 1 aromatic heterocycles. The number of rotatable bonds is 14. The average Bonchev–Trinajstić information content (AvgIpc) is 3.57. The van der Waals surface area contributed by atoms with Crippen LogP contribution < -0.4 is 30.6 Å². The lowest BCUT2D eigenvalue weighted by Gasteiger charge is -2.52.